The molecular weight excluding hydrogens is 236 g/mol. The predicted molar refractivity (Wildman–Crippen MR) is 61.1 cm³/mol. The number of esters is 1. The molecule has 1 aromatic carbocycles. The van der Waals surface area contributed by atoms with Crippen LogP contribution in [0.5, 0.6) is 11.5 Å². The van der Waals surface area contributed by atoms with Gasteiger partial charge in [0.1, 0.15) is 11.9 Å². The number of methoxy groups -OCH3 is 1. The Balaban J connectivity index is 1.87. The zero-order valence-corrected chi connectivity index (χ0v) is 9.84. The molecule has 2 aliphatic heterocycles. The van der Waals surface area contributed by atoms with E-state index in [1.807, 2.05) is 18.2 Å². The minimum Gasteiger partial charge on any atom is -0.501 e. The van der Waals surface area contributed by atoms with Gasteiger partial charge >= 0.3 is 5.97 Å². The first kappa shape index (κ1) is 11.0. The number of hydrogen-bond acceptors (Lipinski definition) is 5. The van der Waals surface area contributed by atoms with E-state index in [-0.39, 0.29) is 18.9 Å². The summed E-state index contributed by atoms with van der Waals surface area (Å²) in [5, 5.41) is 0. The molecule has 5 heteroatoms. The molecule has 0 saturated heterocycles. The Kier molecular flexibility index (Phi) is 2.59. The van der Waals surface area contributed by atoms with Crippen molar-refractivity contribution in [3.05, 3.63) is 35.6 Å². The second-order valence-electron chi connectivity index (χ2n) is 4.06. The van der Waals surface area contributed by atoms with Crippen LogP contribution in [0.15, 0.2) is 30.0 Å². The van der Waals surface area contributed by atoms with Gasteiger partial charge in [0.05, 0.1) is 13.2 Å². The van der Waals surface area contributed by atoms with Crippen LogP contribution < -0.4 is 9.47 Å². The fourth-order valence-electron chi connectivity index (χ4n) is 2.03. The molecule has 1 aromatic rings. The van der Waals surface area contributed by atoms with Crippen LogP contribution in [-0.2, 0) is 14.3 Å². The number of rotatable bonds is 2. The number of carbonyl (C=O) groups excluding carboxylic acids is 1. The van der Waals surface area contributed by atoms with Crippen LogP contribution in [0.4, 0.5) is 0 Å². The highest BCUT2D eigenvalue weighted by molar-refractivity contribution is 5.83. The Labute approximate surface area is 104 Å². The monoisotopic (exact) mass is 248 g/mol. The number of benzene rings is 1. The average molecular weight is 248 g/mol. The maximum atomic E-state index is 11.4. The third-order valence-electron chi connectivity index (χ3n) is 2.95. The van der Waals surface area contributed by atoms with Crippen LogP contribution >= 0.6 is 0 Å². The highest BCUT2D eigenvalue weighted by Crippen LogP contribution is 2.37. The van der Waals surface area contributed by atoms with Gasteiger partial charge in [0.15, 0.2) is 11.5 Å². The molecule has 5 nitrogen and oxygen atoms in total. The first-order valence-electron chi connectivity index (χ1n) is 5.61. The van der Waals surface area contributed by atoms with E-state index in [1.54, 1.807) is 7.11 Å². The minimum absolute atomic E-state index is 0.229. The highest BCUT2D eigenvalue weighted by Gasteiger charge is 2.25. The molecule has 0 radical (unpaired) electrons. The molecule has 0 spiro atoms. The second-order valence-corrected chi connectivity index (χ2v) is 4.06. The van der Waals surface area contributed by atoms with Crippen molar-refractivity contribution in [1.82, 2.24) is 0 Å². The van der Waals surface area contributed by atoms with E-state index in [9.17, 15) is 4.79 Å². The molecule has 0 aliphatic carbocycles. The van der Waals surface area contributed by atoms with Crippen molar-refractivity contribution >= 4 is 5.97 Å². The second kappa shape index (κ2) is 4.25. The van der Waals surface area contributed by atoms with Crippen LogP contribution in [0.25, 0.3) is 0 Å². The molecule has 3 rings (SSSR count). The van der Waals surface area contributed by atoms with Gasteiger partial charge in [0.2, 0.25) is 6.79 Å². The topological polar surface area (TPSA) is 54.0 Å². The number of cyclic esters (lactones) is 1. The van der Waals surface area contributed by atoms with E-state index >= 15 is 0 Å². The van der Waals surface area contributed by atoms with Gasteiger partial charge in [-0.25, -0.2) is 4.79 Å². The summed E-state index contributed by atoms with van der Waals surface area (Å²) in [6.07, 6.45) is 1.55. The van der Waals surface area contributed by atoms with Crippen LogP contribution in [0.3, 0.4) is 0 Å². The molecule has 2 heterocycles. The molecule has 0 aromatic heterocycles. The summed E-state index contributed by atoms with van der Waals surface area (Å²) in [5.74, 6) is 1.62. The lowest BCUT2D eigenvalue weighted by Crippen LogP contribution is -2.16. The lowest BCUT2D eigenvalue weighted by atomic mass is 10.0. The zero-order chi connectivity index (χ0) is 12.5. The largest absolute Gasteiger partial charge is 0.501 e. The smallest absolute Gasteiger partial charge is 0.334 e. The third-order valence-corrected chi connectivity index (χ3v) is 2.95. The Morgan fingerprint density at radius 2 is 2.11 bits per heavy atom. The van der Waals surface area contributed by atoms with Crippen molar-refractivity contribution < 1.29 is 23.7 Å². The van der Waals surface area contributed by atoms with Crippen LogP contribution in [0.2, 0.25) is 0 Å². The summed E-state index contributed by atoms with van der Waals surface area (Å²) in [6.45, 7) is 0.229. The Morgan fingerprint density at radius 3 is 2.94 bits per heavy atom. The normalized spacial score (nSPS) is 21.3. The Morgan fingerprint density at radius 1 is 1.28 bits per heavy atom. The lowest BCUT2D eigenvalue weighted by molar-refractivity contribution is -0.145. The molecule has 18 heavy (non-hydrogen) atoms. The van der Waals surface area contributed by atoms with E-state index in [0.717, 1.165) is 5.56 Å². The molecular formula is C13H12O5. The molecule has 0 bridgehead atoms. The summed E-state index contributed by atoms with van der Waals surface area (Å²) >= 11 is 0. The summed E-state index contributed by atoms with van der Waals surface area (Å²) < 4.78 is 20.9. The quantitative estimate of drug-likeness (QED) is 0.748. The van der Waals surface area contributed by atoms with Gasteiger partial charge in [-0.2, -0.15) is 0 Å². The van der Waals surface area contributed by atoms with Gasteiger partial charge in [-0.1, -0.05) is 6.07 Å². The van der Waals surface area contributed by atoms with Crippen molar-refractivity contribution in [1.29, 1.82) is 0 Å². The Hall–Kier alpha value is -2.17. The van der Waals surface area contributed by atoms with E-state index in [1.165, 1.54) is 6.08 Å². The van der Waals surface area contributed by atoms with Crippen LogP contribution in [0, 0.1) is 0 Å². The highest BCUT2D eigenvalue weighted by atomic mass is 16.7. The summed E-state index contributed by atoms with van der Waals surface area (Å²) in [6, 6.07) is 5.51. The SMILES string of the molecule is COC1=CC(=O)OC(c2ccc3c(c2)OCO3)C1. The third kappa shape index (κ3) is 1.88. The maximum absolute atomic E-state index is 11.4. The molecule has 0 N–H and O–H groups in total. The predicted octanol–water partition coefficient (Wildman–Crippen LogP) is 1.93. The summed E-state index contributed by atoms with van der Waals surface area (Å²) in [5.41, 5.74) is 0.871. The number of fused-ring (bicyclic) bond motifs is 1. The van der Waals surface area contributed by atoms with Crippen LogP contribution in [-0.4, -0.2) is 19.9 Å². The van der Waals surface area contributed by atoms with Crippen molar-refractivity contribution in [2.45, 2.75) is 12.5 Å². The maximum Gasteiger partial charge on any atom is 0.334 e. The Bertz CT molecular complexity index is 520. The van der Waals surface area contributed by atoms with Crippen molar-refractivity contribution in [3.8, 4) is 11.5 Å². The first-order chi connectivity index (χ1) is 8.76. The van der Waals surface area contributed by atoms with Gasteiger partial charge in [-0.05, 0) is 17.7 Å². The molecule has 2 aliphatic rings. The van der Waals surface area contributed by atoms with Crippen molar-refractivity contribution in [2.24, 2.45) is 0 Å². The van der Waals surface area contributed by atoms with Gasteiger partial charge in [0.25, 0.3) is 0 Å². The van der Waals surface area contributed by atoms with E-state index < -0.39 is 0 Å². The van der Waals surface area contributed by atoms with E-state index in [2.05, 4.69) is 0 Å². The van der Waals surface area contributed by atoms with Gasteiger partial charge < -0.3 is 18.9 Å². The first-order valence-corrected chi connectivity index (χ1v) is 5.61. The minimum atomic E-state index is -0.388. The number of ether oxygens (including phenoxy) is 4. The number of hydrogen-bond donors (Lipinski definition) is 0. The van der Waals surface area contributed by atoms with Gasteiger partial charge in [0, 0.05) is 6.42 Å². The van der Waals surface area contributed by atoms with Crippen LogP contribution in [0.1, 0.15) is 18.1 Å². The number of carbonyl (C=O) groups is 1. The fraction of sp³-hybridized carbons (Fsp3) is 0.308. The molecule has 94 valence electrons. The molecule has 0 amide bonds. The van der Waals surface area contributed by atoms with Crippen molar-refractivity contribution in [2.75, 3.05) is 13.9 Å². The standard InChI is InChI=1S/C13H12O5/c1-15-9-5-11(18-13(14)6-9)8-2-3-10-12(4-8)17-7-16-10/h2-4,6,11H,5,7H2,1H3. The molecule has 0 saturated carbocycles. The van der Waals surface area contributed by atoms with Gasteiger partial charge in [-0.3, -0.25) is 0 Å². The molecule has 1 atom stereocenters. The lowest BCUT2D eigenvalue weighted by Gasteiger charge is -2.22. The van der Waals surface area contributed by atoms with E-state index in [0.29, 0.717) is 23.7 Å². The zero-order valence-electron chi connectivity index (χ0n) is 9.84. The molecule has 1 unspecified atom stereocenters. The summed E-state index contributed by atoms with van der Waals surface area (Å²) in [7, 11) is 1.54. The van der Waals surface area contributed by atoms with Gasteiger partial charge in [-0.15, -0.1) is 0 Å². The molecule has 0 fully saturated rings. The average Bonchev–Trinajstić information content (AvgIpc) is 2.85. The summed E-state index contributed by atoms with van der Waals surface area (Å²) in [4.78, 5) is 11.4. The fourth-order valence-corrected chi connectivity index (χ4v) is 2.03. The van der Waals surface area contributed by atoms with E-state index in [4.69, 9.17) is 18.9 Å². The van der Waals surface area contributed by atoms with Crippen molar-refractivity contribution in [3.63, 3.8) is 0 Å².